The van der Waals surface area contributed by atoms with E-state index in [9.17, 15) is 4.79 Å². The number of nitrogens with zero attached hydrogens (tertiary/aromatic N) is 2. The van der Waals surface area contributed by atoms with Crippen molar-refractivity contribution in [3.8, 4) is 0 Å². The highest BCUT2D eigenvalue weighted by Gasteiger charge is 2.16. The van der Waals surface area contributed by atoms with Gasteiger partial charge in [-0.2, -0.15) is 0 Å². The topological polar surface area (TPSA) is 53.4 Å². The Balaban J connectivity index is 2.55. The molecule has 0 fully saturated rings. The highest BCUT2D eigenvalue weighted by Crippen LogP contribution is 2.21. The molecule has 4 heteroatoms. The predicted molar refractivity (Wildman–Crippen MR) is 52.9 cm³/mol. The molecular formula is C10H8N2O2. The molecule has 1 N–H and O–H groups in total. The zero-order valence-electron chi connectivity index (χ0n) is 7.29. The number of amides is 1. The van der Waals surface area contributed by atoms with Gasteiger partial charge in [-0.1, -0.05) is 12.2 Å². The number of anilines is 1. The second-order valence-corrected chi connectivity index (χ2v) is 2.77. The van der Waals surface area contributed by atoms with Crippen LogP contribution in [0.2, 0.25) is 0 Å². The second-order valence-electron chi connectivity index (χ2n) is 2.77. The lowest BCUT2D eigenvalue weighted by Crippen LogP contribution is -2.24. The van der Waals surface area contributed by atoms with Gasteiger partial charge in [0.05, 0.1) is 0 Å². The summed E-state index contributed by atoms with van der Waals surface area (Å²) in [4.78, 5) is 16.0. The van der Waals surface area contributed by atoms with Crippen LogP contribution in [0, 0.1) is 0 Å². The lowest BCUT2D eigenvalue weighted by Gasteiger charge is -2.13. The maximum Gasteiger partial charge on any atom is 0.417 e. The zero-order valence-corrected chi connectivity index (χ0v) is 7.29. The fourth-order valence-electron chi connectivity index (χ4n) is 1.26. The van der Waals surface area contributed by atoms with Gasteiger partial charge in [0.25, 0.3) is 0 Å². The number of rotatable bonds is 0. The highest BCUT2D eigenvalue weighted by molar-refractivity contribution is 5.90. The third kappa shape index (κ3) is 1.37. The van der Waals surface area contributed by atoms with Crippen molar-refractivity contribution in [1.29, 1.82) is 0 Å². The van der Waals surface area contributed by atoms with Crippen molar-refractivity contribution >= 4 is 18.0 Å². The molecule has 2 rings (SSSR count). The van der Waals surface area contributed by atoms with Gasteiger partial charge in [0.2, 0.25) is 0 Å². The van der Waals surface area contributed by atoms with Gasteiger partial charge in [0.15, 0.2) is 0 Å². The van der Waals surface area contributed by atoms with E-state index < -0.39 is 6.09 Å². The fraction of sp³-hybridized carbons (Fsp3) is 0. The second kappa shape index (κ2) is 3.33. The molecule has 0 saturated carbocycles. The minimum absolute atomic E-state index is 0.435. The van der Waals surface area contributed by atoms with Crippen molar-refractivity contribution in [3.63, 3.8) is 0 Å². The number of carbonyl (C=O) groups is 1. The Morgan fingerprint density at radius 2 is 2.29 bits per heavy atom. The summed E-state index contributed by atoms with van der Waals surface area (Å²) >= 11 is 0. The molecule has 1 aromatic heterocycles. The smallest absolute Gasteiger partial charge is 0.417 e. The van der Waals surface area contributed by atoms with Gasteiger partial charge in [-0.05, 0) is 18.2 Å². The van der Waals surface area contributed by atoms with Crippen LogP contribution in [0.5, 0.6) is 0 Å². The Morgan fingerprint density at radius 3 is 3.07 bits per heavy atom. The normalized spacial score (nSPS) is 13.6. The monoisotopic (exact) mass is 188 g/mol. The van der Waals surface area contributed by atoms with Gasteiger partial charge in [-0.15, -0.1) is 0 Å². The molecule has 0 saturated heterocycles. The minimum atomic E-state index is -1.04. The van der Waals surface area contributed by atoms with Gasteiger partial charge >= 0.3 is 6.09 Å². The van der Waals surface area contributed by atoms with E-state index in [0.29, 0.717) is 5.82 Å². The standard InChI is InChI=1S/C10H8N2O2/c13-10(14)12-7-2-1-4-8-5-3-6-11-9(8)12/h1-7H,(H,13,14). The number of allylic oxidation sites excluding steroid dienone is 2. The Morgan fingerprint density at radius 1 is 1.43 bits per heavy atom. The molecule has 1 amide bonds. The van der Waals surface area contributed by atoms with Crippen molar-refractivity contribution in [2.75, 3.05) is 4.90 Å². The summed E-state index contributed by atoms with van der Waals surface area (Å²) in [6.45, 7) is 0. The van der Waals surface area contributed by atoms with Crippen LogP contribution in [0.4, 0.5) is 10.6 Å². The Hall–Kier alpha value is -2.10. The molecule has 2 heterocycles. The molecule has 0 unspecified atom stereocenters. The highest BCUT2D eigenvalue weighted by atomic mass is 16.4. The predicted octanol–water partition coefficient (Wildman–Crippen LogP) is 2.11. The molecule has 1 aromatic rings. The first-order valence-corrected chi connectivity index (χ1v) is 4.11. The van der Waals surface area contributed by atoms with E-state index in [4.69, 9.17) is 5.11 Å². The summed E-state index contributed by atoms with van der Waals surface area (Å²) < 4.78 is 0. The molecule has 1 aliphatic rings. The molecule has 70 valence electrons. The zero-order chi connectivity index (χ0) is 9.97. The molecule has 1 aliphatic heterocycles. The first-order chi connectivity index (χ1) is 6.79. The summed E-state index contributed by atoms with van der Waals surface area (Å²) in [5, 5.41) is 8.92. The Kier molecular flexibility index (Phi) is 2.02. The van der Waals surface area contributed by atoms with Crippen molar-refractivity contribution in [2.45, 2.75) is 0 Å². The summed E-state index contributed by atoms with van der Waals surface area (Å²) in [5.41, 5.74) is 0.792. The van der Waals surface area contributed by atoms with Crippen LogP contribution < -0.4 is 4.90 Å². The van der Waals surface area contributed by atoms with Crippen molar-refractivity contribution in [1.82, 2.24) is 4.98 Å². The van der Waals surface area contributed by atoms with Crippen LogP contribution >= 0.6 is 0 Å². The maximum absolute atomic E-state index is 10.9. The largest absolute Gasteiger partial charge is 0.464 e. The van der Waals surface area contributed by atoms with Crippen molar-refractivity contribution in [2.24, 2.45) is 0 Å². The summed E-state index contributed by atoms with van der Waals surface area (Å²) in [7, 11) is 0. The number of hydrogen-bond acceptors (Lipinski definition) is 2. The first-order valence-electron chi connectivity index (χ1n) is 4.11. The van der Waals surface area contributed by atoms with Crippen LogP contribution in [-0.2, 0) is 0 Å². The quantitative estimate of drug-likeness (QED) is 0.678. The van der Waals surface area contributed by atoms with Crippen LogP contribution in [0.15, 0.2) is 36.7 Å². The molecule has 4 nitrogen and oxygen atoms in total. The van der Waals surface area contributed by atoms with Gasteiger partial charge < -0.3 is 5.11 Å². The van der Waals surface area contributed by atoms with Gasteiger partial charge in [0, 0.05) is 18.0 Å². The molecular weight excluding hydrogens is 180 g/mol. The number of pyridine rings is 1. The maximum atomic E-state index is 10.9. The van der Waals surface area contributed by atoms with Crippen LogP contribution in [0.3, 0.4) is 0 Å². The van der Waals surface area contributed by atoms with E-state index in [2.05, 4.69) is 4.98 Å². The summed E-state index contributed by atoms with van der Waals surface area (Å²) in [6.07, 6.45) is 7.27. The summed E-state index contributed by atoms with van der Waals surface area (Å²) in [5.74, 6) is 0.435. The molecule has 0 bridgehead atoms. The van der Waals surface area contributed by atoms with Gasteiger partial charge in [-0.25, -0.2) is 14.7 Å². The van der Waals surface area contributed by atoms with Gasteiger partial charge in [0.1, 0.15) is 5.82 Å². The molecule has 0 radical (unpaired) electrons. The number of aromatic nitrogens is 1. The van der Waals surface area contributed by atoms with E-state index in [1.165, 1.54) is 6.20 Å². The summed E-state index contributed by atoms with van der Waals surface area (Å²) in [6, 6.07) is 3.59. The molecule has 0 spiro atoms. The average molecular weight is 188 g/mol. The number of fused-ring (bicyclic) bond motifs is 1. The molecule has 0 aliphatic carbocycles. The lowest BCUT2D eigenvalue weighted by atomic mass is 10.2. The van der Waals surface area contributed by atoms with Gasteiger partial charge in [-0.3, -0.25) is 0 Å². The number of carboxylic acid groups (broad SMARTS) is 1. The van der Waals surface area contributed by atoms with E-state index in [1.54, 1.807) is 24.4 Å². The first kappa shape index (κ1) is 8.50. The Labute approximate surface area is 80.8 Å². The number of hydrogen-bond donors (Lipinski definition) is 1. The average Bonchev–Trinajstić information content (AvgIpc) is 2.39. The lowest BCUT2D eigenvalue weighted by molar-refractivity contribution is 0.204. The third-order valence-electron chi connectivity index (χ3n) is 1.87. The van der Waals surface area contributed by atoms with E-state index in [0.717, 1.165) is 10.5 Å². The van der Waals surface area contributed by atoms with Crippen LogP contribution in [0.1, 0.15) is 5.56 Å². The SMILES string of the molecule is O=C(O)N1C=CC=Cc2cccnc21. The van der Waals surface area contributed by atoms with Crippen molar-refractivity contribution < 1.29 is 9.90 Å². The van der Waals surface area contributed by atoms with E-state index in [1.807, 2.05) is 12.1 Å². The van der Waals surface area contributed by atoms with E-state index >= 15 is 0 Å². The Bertz CT molecular complexity index is 424. The van der Waals surface area contributed by atoms with Crippen molar-refractivity contribution in [3.05, 3.63) is 42.2 Å². The minimum Gasteiger partial charge on any atom is -0.464 e. The fourth-order valence-corrected chi connectivity index (χ4v) is 1.26. The molecule has 0 atom stereocenters. The third-order valence-corrected chi connectivity index (χ3v) is 1.87. The van der Waals surface area contributed by atoms with Crippen LogP contribution in [0.25, 0.3) is 6.08 Å². The molecule has 0 aromatic carbocycles. The van der Waals surface area contributed by atoms with E-state index in [-0.39, 0.29) is 0 Å². The molecule has 14 heavy (non-hydrogen) atoms. The van der Waals surface area contributed by atoms with Crippen LogP contribution in [-0.4, -0.2) is 16.2 Å².